The van der Waals surface area contributed by atoms with E-state index in [0.717, 1.165) is 36.8 Å². The van der Waals surface area contributed by atoms with Crippen molar-refractivity contribution in [3.05, 3.63) is 54.0 Å². The molecule has 0 aliphatic rings. The standard InChI is InChI=1S/C15H18FN.C5H5N5/c1-3-5-9-14-11(4-2)10-12-7-6-8-13(16)15(12)17-14;6-4-3-5(9-1-7-3)10-2-8-4/h6-8,10H,3-5,9H2,1-2H3;1-2H,(H3,6,7,8,9,10). The molecule has 0 aliphatic carbocycles. The highest BCUT2D eigenvalue weighted by Gasteiger charge is 2.08. The third-order valence-corrected chi connectivity index (χ3v) is 4.37. The average Bonchev–Trinajstić information content (AvgIpc) is 3.17. The molecule has 0 saturated carbocycles. The summed E-state index contributed by atoms with van der Waals surface area (Å²) in [6.07, 6.45) is 7.08. The largest absolute Gasteiger partial charge is 0.382 e. The van der Waals surface area contributed by atoms with E-state index in [2.05, 4.69) is 44.8 Å². The number of imidazole rings is 1. The molecule has 0 unspecified atom stereocenters. The summed E-state index contributed by atoms with van der Waals surface area (Å²) in [5, 5.41) is 0.905. The molecule has 0 radical (unpaired) electrons. The van der Waals surface area contributed by atoms with E-state index < -0.39 is 0 Å². The zero-order chi connectivity index (χ0) is 19.2. The summed E-state index contributed by atoms with van der Waals surface area (Å²) in [6.45, 7) is 4.28. The Hall–Kier alpha value is -3.09. The molecule has 4 aromatic rings. The molecular formula is C20H23FN6. The molecule has 1 aromatic carbocycles. The number of nitrogen functional groups attached to an aromatic ring is 1. The number of aromatic amines is 1. The molecule has 0 saturated heterocycles. The molecular weight excluding hydrogens is 343 g/mol. The van der Waals surface area contributed by atoms with Gasteiger partial charge in [0, 0.05) is 11.1 Å². The number of hydrogen-bond acceptors (Lipinski definition) is 5. The Morgan fingerprint density at radius 2 is 2.00 bits per heavy atom. The smallest absolute Gasteiger partial charge is 0.182 e. The van der Waals surface area contributed by atoms with Gasteiger partial charge in [0.2, 0.25) is 0 Å². The van der Waals surface area contributed by atoms with E-state index in [1.807, 2.05) is 6.07 Å². The van der Waals surface area contributed by atoms with E-state index in [4.69, 9.17) is 5.73 Å². The molecule has 27 heavy (non-hydrogen) atoms. The quantitative estimate of drug-likeness (QED) is 0.564. The molecule has 7 heteroatoms. The average molecular weight is 366 g/mol. The normalized spacial score (nSPS) is 10.8. The number of hydrogen-bond donors (Lipinski definition) is 2. The lowest BCUT2D eigenvalue weighted by molar-refractivity contribution is 0.635. The molecule has 3 heterocycles. The highest BCUT2D eigenvalue weighted by Crippen LogP contribution is 2.21. The van der Waals surface area contributed by atoms with Crippen molar-refractivity contribution >= 4 is 27.9 Å². The fourth-order valence-corrected chi connectivity index (χ4v) is 2.89. The fourth-order valence-electron chi connectivity index (χ4n) is 2.89. The van der Waals surface area contributed by atoms with Crippen LogP contribution in [0, 0.1) is 5.82 Å². The zero-order valence-electron chi connectivity index (χ0n) is 15.5. The molecule has 3 aromatic heterocycles. The van der Waals surface area contributed by atoms with Crippen LogP contribution in [0.3, 0.4) is 0 Å². The van der Waals surface area contributed by atoms with E-state index in [1.54, 1.807) is 6.07 Å². The number of pyridine rings is 1. The molecule has 0 aliphatic heterocycles. The number of rotatable bonds is 4. The Balaban J connectivity index is 0.000000177. The van der Waals surface area contributed by atoms with E-state index in [0.29, 0.717) is 22.5 Å². The number of anilines is 1. The molecule has 0 bridgehead atoms. The van der Waals surface area contributed by atoms with Gasteiger partial charge < -0.3 is 10.7 Å². The van der Waals surface area contributed by atoms with Gasteiger partial charge in [0.05, 0.1) is 6.33 Å². The molecule has 140 valence electrons. The number of nitrogens with one attached hydrogen (secondary N) is 1. The van der Waals surface area contributed by atoms with Gasteiger partial charge in [-0.3, -0.25) is 0 Å². The molecule has 0 fully saturated rings. The molecule has 0 atom stereocenters. The Morgan fingerprint density at radius 3 is 2.74 bits per heavy atom. The number of aryl methyl sites for hydroxylation is 2. The van der Waals surface area contributed by atoms with Gasteiger partial charge in [0.25, 0.3) is 0 Å². The van der Waals surface area contributed by atoms with Crippen LogP contribution in [0.1, 0.15) is 37.9 Å². The summed E-state index contributed by atoms with van der Waals surface area (Å²) in [5.41, 5.74) is 9.60. The number of para-hydroxylation sites is 1. The number of H-pyrrole nitrogens is 1. The molecule has 6 nitrogen and oxygen atoms in total. The lowest BCUT2D eigenvalue weighted by atomic mass is 10.0. The molecule has 0 spiro atoms. The van der Waals surface area contributed by atoms with Gasteiger partial charge in [0.15, 0.2) is 11.5 Å². The maximum Gasteiger partial charge on any atom is 0.182 e. The van der Waals surface area contributed by atoms with Crippen LogP contribution in [0.5, 0.6) is 0 Å². The first kappa shape index (κ1) is 18.7. The van der Waals surface area contributed by atoms with Gasteiger partial charge in [-0.05, 0) is 37.0 Å². The van der Waals surface area contributed by atoms with Crippen molar-refractivity contribution in [3.8, 4) is 0 Å². The van der Waals surface area contributed by atoms with E-state index >= 15 is 0 Å². The van der Waals surface area contributed by atoms with Gasteiger partial charge in [-0.25, -0.2) is 24.3 Å². The van der Waals surface area contributed by atoms with Crippen molar-refractivity contribution in [1.29, 1.82) is 0 Å². The first-order valence-electron chi connectivity index (χ1n) is 9.10. The zero-order valence-corrected chi connectivity index (χ0v) is 15.5. The van der Waals surface area contributed by atoms with Crippen LogP contribution < -0.4 is 5.73 Å². The van der Waals surface area contributed by atoms with Crippen LogP contribution in [-0.2, 0) is 12.8 Å². The van der Waals surface area contributed by atoms with Crippen LogP contribution in [0.15, 0.2) is 36.9 Å². The number of nitrogens with zero attached hydrogens (tertiary/aromatic N) is 4. The van der Waals surface area contributed by atoms with Crippen molar-refractivity contribution < 1.29 is 4.39 Å². The Morgan fingerprint density at radius 1 is 1.15 bits per heavy atom. The van der Waals surface area contributed by atoms with Gasteiger partial charge in [0.1, 0.15) is 23.2 Å². The molecule has 0 amide bonds. The molecule has 3 N–H and O–H groups in total. The van der Waals surface area contributed by atoms with Crippen molar-refractivity contribution in [2.75, 3.05) is 5.73 Å². The summed E-state index contributed by atoms with van der Waals surface area (Å²) in [6, 6.07) is 7.22. The predicted octanol–water partition coefficient (Wildman–Crippen LogP) is 4.21. The third-order valence-electron chi connectivity index (χ3n) is 4.37. The minimum absolute atomic E-state index is 0.220. The van der Waals surface area contributed by atoms with Crippen LogP contribution in [0.2, 0.25) is 0 Å². The maximum absolute atomic E-state index is 13.7. The van der Waals surface area contributed by atoms with Gasteiger partial charge in [-0.1, -0.05) is 32.4 Å². The lowest BCUT2D eigenvalue weighted by Gasteiger charge is -2.09. The van der Waals surface area contributed by atoms with E-state index in [1.165, 1.54) is 24.3 Å². The third kappa shape index (κ3) is 4.19. The summed E-state index contributed by atoms with van der Waals surface area (Å²) in [4.78, 5) is 18.9. The summed E-state index contributed by atoms with van der Waals surface area (Å²) in [5.74, 6) is 0.213. The van der Waals surface area contributed by atoms with Crippen molar-refractivity contribution in [2.24, 2.45) is 0 Å². The predicted molar refractivity (Wildman–Crippen MR) is 106 cm³/mol. The number of benzene rings is 1. The monoisotopic (exact) mass is 366 g/mol. The lowest BCUT2D eigenvalue weighted by Crippen LogP contribution is -1.99. The second-order valence-corrected chi connectivity index (χ2v) is 6.22. The summed E-state index contributed by atoms with van der Waals surface area (Å²) in [7, 11) is 0. The van der Waals surface area contributed by atoms with Crippen LogP contribution >= 0.6 is 0 Å². The van der Waals surface area contributed by atoms with Crippen molar-refractivity contribution in [1.82, 2.24) is 24.9 Å². The van der Waals surface area contributed by atoms with Crippen LogP contribution in [0.25, 0.3) is 22.1 Å². The van der Waals surface area contributed by atoms with E-state index in [9.17, 15) is 4.39 Å². The van der Waals surface area contributed by atoms with Gasteiger partial charge in [-0.15, -0.1) is 0 Å². The summed E-state index contributed by atoms with van der Waals surface area (Å²) >= 11 is 0. The number of aromatic nitrogens is 5. The maximum atomic E-state index is 13.7. The van der Waals surface area contributed by atoms with E-state index in [-0.39, 0.29) is 5.82 Å². The van der Waals surface area contributed by atoms with Crippen molar-refractivity contribution in [3.63, 3.8) is 0 Å². The highest BCUT2D eigenvalue weighted by molar-refractivity contribution is 5.80. The second-order valence-electron chi connectivity index (χ2n) is 6.22. The second kappa shape index (κ2) is 8.53. The number of halogens is 1. The first-order valence-corrected chi connectivity index (χ1v) is 9.10. The van der Waals surface area contributed by atoms with Gasteiger partial charge >= 0.3 is 0 Å². The minimum atomic E-state index is -0.220. The first-order chi connectivity index (χ1) is 13.1. The molecule has 4 rings (SSSR count). The Kier molecular flexibility index (Phi) is 5.90. The highest BCUT2D eigenvalue weighted by atomic mass is 19.1. The topological polar surface area (TPSA) is 93.4 Å². The van der Waals surface area contributed by atoms with Crippen molar-refractivity contribution in [2.45, 2.75) is 39.5 Å². The number of nitrogens with two attached hydrogens (primary N) is 1. The van der Waals surface area contributed by atoms with Gasteiger partial charge in [-0.2, -0.15) is 0 Å². The Bertz CT molecular complexity index is 1040. The number of fused-ring (bicyclic) bond motifs is 2. The number of unbranched alkanes of at least 4 members (excludes halogenated alkanes) is 1. The fraction of sp³-hybridized carbons (Fsp3) is 0.300. The Labute approximate surface area is 157 Å². The minimum Gasteiger partial charge on any atom is -0.382 e. The SMILES string of the molecule is CCCCc1nc2c(F)cccc2cc1CC.Nc1ncnc2nc[nH]c12. The van der Waals surface area contributed by atoms with Crippen LogP contribution in [-0.4, -0.2) is 24.9 Å². The summed E-state index contributed by atoms with van der Waals surface area (Å²) < 4.78 is 13.7. The van der Waals surface area contributed by atoms with Crippen LogP contribution in [0.4, 0.5) is 10.2 Å².